The van der Waals surface area contributed by atoms with Crippen molar-refractivity contribution in [3.05, 3.63) is 70.3 Å². The maximum Gasteiger partial charge on any atom is 0.304 e. The van der Waals surface area contributed by atoms with Gasteiger partial charge in [-0.15, -0.1) is 0 Å². The van der Waals surface area contributed by atoms with E-state index in [4.69, 9.17) is 21.1 Å². The highest BCUT2D eigenvalue weighted by Crippen LogP contribution is 2.47. The normalized spacial score (nSPS) is 35.0. The van der Waals surface area contributed by atoms with E-state index in [1.165, 1.54) is 15.4 Å². The fourth-order valence-corrected chi connectivity index (χ4v) is 10.2. The number of carbonyl (C=O) groups is 1. The van der Waals surface area contributed by atoms with Crippen molar-refractivity contribution in [1.29, 1.82) is 0 Å². The molecule has 11 heteroatoms. The number of ether oxygens (including phenoxy) is 2. The van der Waals surface area contributed by atoms with Crippen LogP contribution in [0.5, 0.6) is 5.75 Å². The summed E-state index contributed by atoms with van der Waals surface area (Å²) in [5.41, 5.74) is 3.26. The predicted octanol–water partition coefficient (Wildman–Crippen LogP) is 5.00. The van der Waals surface area contributed by atoms with Crippen LogP contribution in [-0.4, -0.2) is 74.8 Å². The van der Waals surface area contributed by atoms with E-state index < -0.39 is 28.3 Å². The van der Waals surface area contributed by atoms with Gasteiger partial charge in [-0.2, -0.15) is 12.7 Å². The largest absolute Gasteiger partial charge is 0.490 e. The standard InChI is InChI=1S/C35H44ClN3O6S/c1-22-5-3-7-32(40)29-11-8-25(29)19-38-20-35(14-4-6-23-15-26(36)10-12-30(23)35)21-45-33-13-9-24(16-31(33)38)34(41)37-46(42,43)39(22)27-17-28(18-27)44-2/h3,7,9-10,12-13,15-16,22,25,27-29,32,40H,4-6,8,11,14,17-21H2,1-2H3,(H,37,41)/b7-3+/t22-,25-,27-,28+,29+,32-,35-/m0/s1. The van der Waals surface area contributed by atoms with E-state index >= 15 is 0 Å². The van der Waals surface area contributed by atoms with Crippen molar-refractivity contribution in [2.45, 2.75) is 88.0 Å². The van der Waals surface area contributed by atoms with Gasteiger partial charge >= 0.3 is 10.2 Å². The van der Waals surface area contributed by atoms with Crippen molar-refractivity contribution in [3.8, 4) is 5.75 Å². The minimum atomic E-state index is -4.19. The lowest BCUT2D eigenvalue weighted by Crippen LogP contribution is -2.57. The minimum absolute atomic E-state index is 0.0108. The first-order valence-corrected chi connectivity index (χ1v) is 18.4. The topological polar surface area (TPSA) is 108 Å². The van der Waals surface area contributed by atoms with Gasteiger partial charge in [0.2, 0.25) is 0 Å². The highest BCUT2D eigenvalue weighted by molar-refractivity contribution is 7.87. The van der Waals surface area contributed by atoms with Gasteiger partial charge in [0, 0.05) is 48.3 Å². The number of benzene rings is 2. The summed E-state index contributed by atoms with van der Waals surface area (Å²) in [6.07, 6.45) is 9.52. The van der Waals surface area contributed by atoms with Crippen LogP contribution in [0.1, 0.15) is 73.4 Å². The number of amides is 1. The van der Waals surface area contributed by atoms with Gasteiger partial charge in [0.1, 0.15) is 5.75 Å². The number of methoxy groups -OCH3 is 1. The van der Waals surface area contributed by atoms with Crippen LogP contribution in [0.4, 0.5) is 5.69 Å². The van der Waals surface area contributed by atoms with Gasteiger partial charge in [-0.1, -0.05) is 29.8 Å². The predicted molar refractivity (Wildman–Crippen MR) is 178 cm³/mol. The number of anilines is 1. The molecule has 2 bridgehead atoms. The SMILES string of the molecule is CO[C@H]1C[C@@H](N2[C@@H](C)C/C=C/[C@H](O)[C@@H]3CC[C@H]3CN3C[C@@]4(CCCc5cc(Cl)ccc54)COc4ccc(cc43)C(=O)NS2(=O)=O)C1. The van der Waals surface area contributed by atoms with Crippen LogP contribution in [0.15, 0.2) is 48.6 Å². The third kappa shape index (κ3) is 5.85. The number of fused-ring (bicyclic) bond motifs is 4. The van der Waals surface area contributed by atoms with Gasteiger partial charge in [-0.3, -0.25) is 4.79 Å². The van der Waals surface area contributed by atoms with E-state index in [0.29, 0.717) is 44.7 Å². The highest BCUT2D eigenvalue weighted by Gasteiger charge is 2.45. The maximum absolute atomic E-state index is 13.8. The number of nitrogens with zero attached hydrogens (tertiary/aromatic N) is 2. The lowest BCUT2D eigenvalue weighted by atomic mass is 9.68. The molecule has 1 amide bonds. The Morgan fingerprint density at radius 1 is 1.15 bits per heavy atom. The Labute approximate surface area is 277 Å². The number of hydrogen-bond acceptors (Lipinski definition) is 7. The van der Waals surface area contributed by atoms with Crippen molar-refractivity contribution in [2.24, 2.45) is 11.8 Å². The Morgan fingerprint density at radius 3 is 2.74 bits per heavy atom. The number of aliphatic hydroxyl groups excluding tert-OH is 1. The number of rotatable bonds is 2. The monoisotopic (exact) mass is 669 g/mol. The first-order valence-electron chi connectivity index (χ1n) is 16.6. The third-order valence-electron chi connectivity index (χ3n) is 11.2. The highest BCUT2D eigenvalue weighted by atomic mass is 35.5. The first-order chi connectivity index (χ1) is 22.1. The summed E-state index contributed by atoms with van der Waals surface area (Å²) in [4.78, 5) is 16.0. The second-order valence-corrected chi connectivity index (χ2v) is 16.1. The molecular formula is C35H44ClN3O6S. The Morgan fingerprint density at radius 2 is 1.98 bits per heavy atom. The fourth-order valence-electron chi connectivity index (χ4n) is 8.43. The minimum Gasteiger partial charge on any atom is -0.490 e. The lowest BCUT2D eigenvalue weighted by molar-refractivity contribution is -0.0110. The van der Waals surface area contributed by atoms with Gasteiger partial charge in [0.25, 0.3) is 5.91 Å². The van der Waals surface area contributed by atoms with Crippen LogP contribution in [0.3, 0.4) is 0 Å². The van der Waals surface area contributed by atoms with Gasteiger partial charge < -0.3 is 19.5 Å². The molecule has 7 rings (SSSR count). The van der Waals surface area contributed by atoms with E-state index in [1.807, 2.05) is 25.1 Å². The molecule has 0 saturated heterocycles. The zero-order valence-corrected chi connectivity index (χ0v) is 28.1. The molecule has 0 radical (unpaired) electrons. The molecule has 2 aromatic carbocycles. The molecule has 0 unspecified atom stereocenters. The molecule has 0 aromatic heterocycles. The van der Waals surface area contributed by atoms with E-state index in [1.54, 1.807) is 25.3 Å². The van der Waals surface area contributed by atoms with E-state index in [-0.39, 0.29) is 35.0 Å². The second-order valence-electron chi connectivity index (χ2n) is 14.0. The van der Waals surface area contributed by atoms with Gasteiger partial charge in [0.05, 0.1) is 24.5 Å². The number of aliphatic hydroxyl groups is 1. The maximum atomic E-state index is 13.8. The molecule has 46 heavy (non-hydrogen) atoms. The molecule has 9 nitrogen and oxygen atoms in total. The molecule has 5 atom stereocenters. The Balaban J connectivity index is 1.27. The van der Waals surface area contributed by atoms with Crippen LogP contribution < -0.4 is 14.4 Å². The molecule has 2 heterocycles. The van der Waals surface area contributed by atoms with Gasteiger partial charge in [-0.25, -0.2) is 4.72 Å². The number of nitrogens with one attached hydrogen (secondary N) is 1. The Bertz CT molecular complexity index is 1630. The summed E-state index contributed by atoms with van der Waals surface area (Å²) in [6.45, 7) is 3.72. The fraction of sp³-hybridized carbons (Fsp3) is 0.571. The summed E-state index contributed by atoms with van der Waals surface area (Å²) in [5, 5.41) is 12.0. The van der Waals surface area contributed by atoms with E-state index in [9.17, 15) is 18.3 Å². The summed E-state index contributed by atoms with van der Waals surface area (Å²) in [7, 11) is -2.56. The first kappa shape index (κ1) is 31.9. The molecule has 248 valence electrons. The number of aryl methyl sites for hydroxylation is 1. The van der Waals surface area contributed by atoms with Crippen LogP contribution in [0.2, 0.25) is 5.02 Å². The van der Waals surface area contributed by atoms with Crippen molar-refractivity contribution in [2.75, 3.05) is 31.7 Å². The second kappa shape index (κ2) is 12.4. The molecule has 2 saturated carbocycles. The lowest BCUT2D eigenvalue weighted by Gasteiger charge is -2.45. The Kier molecular flexibility index (Phi) is 8.63. The van der Waals surface area contributed by atoms with Crippen molar-refractivity contribution >= 4 is 33.4 Å². The molecule has 2 aliphatic heterocycles. The summed E-state index contributed by atoms with van der Waals surface area (Å²) in [5.74, 6) is 0.362. The van der Waals surface area contributed by atoms with Crippen LogP contribution in [0.25, 0.3) is 0 Å². The van der Waals surface area contributed by atoms with Crippen LogP contribution >= 0.6 is 11.6 Å². The van der Waals surface area contributed by atoms with Gasteiger partial charge in [-0.05, 0) is 112 Å². The molecule has 1 spiro atoms. The summed E-state index contributed by atoms with van der Waals surface area (Å²) < 4.78 is 43.5. The van der Waals surface area contributed by atoms with E-state index in [0.717, 1.165) is 42.8 Å². The van der Waals surface area contributed by atoms with Crippen molar-refractivity contribution < 1.29 is 27.8 Å². The molecule has 5 aliphatic rings. The van der Waals surface area contributed by atoms with E-state index in [2.05, 4.69) is 21.8 Å². The summed E-state index contributed by atoms with van der Waals surface area (Å²) >= 11 is 6.41. The Hall–Kier alpha value is -2.63. The van der Waals surface area contributed by atoms with Crippen molar-refractivity contribution in [3.63, 3.8) is 0 Å². The third-order valence-corrected chi connectivity index (χ3v) is 13.1. The van der Waals surface area contributed by atoms with Crippen molar-refractivity contribution in [1.82, 2.24) is 9.03 Å². The zero-order valence-electron chi connectivity index (χ0n) is 26.5. The summed E-state index contributed by atoms with van der Waals surface area (Å²) in [6, 6.07) is 10.7. The molecule has 2 aromatic rings. The molecular weight excluding hydrogens is 626 g/mol. The molecule has 2 N–H and O–H groups in total. The number of halogens is 1. The quantitative estimate of drug-likeness (QED) is 0.433. The van der Waals surface area contributed by atoms with Crippen LogP contribution in [0, 0.1) is 11.8 Å². The average molecular weight is 670 g/mol. The number of carbonyl (C=O) groups excluding carboxylic acids is 1. The average Bonchev–Trinajstić information content (AvgIpc) is 3.12. The smallest absolute Gasteiger partial charge is 0.304 e. The number of hydrogen-bond donors (Lipinski definition) is 2. The molecule has 2 fully saturated rings. The molecule has 3 aliphatic carbocycles. The zero-order chi connectivity index (χ0) is 32.2. The van der Waals surface area contributed by atoms with Gasteiger partial charge in [0.15, 0.2) is 0 Å². The van der Waals surface area contributed by atoms with Crippen LogP contribution in [-0.2, 0) is 26.8 Å².